The van der Waals surface area contributed by atoms with Crippen LogP contribution in [0.3, 0.4) is 0 Å². The summed E-state index contributed by atoms with van der Waals surface area (Å²) < 4.78 is 51.6. The minimum Gasteiger partial charge on any atom is -0.389 e. The summed E-state index contributed by atoms with van der Waals surface area (Å²) in [6.45, 7) is 3.15. The first-order valence-corrected chi connectivity index (χ1v) is 9.26. The monoisotopic (exact) mass is 336 g/mol. The van der Waals surface area contributed by atoms with Crippen LogP contribution in [0.15, 0.2) is 34.1 Å². The third kappa shape index (κ3) is 4.75. The molecule has 0 bridgehead atoms. The van der Waals surface area contributed by atoms with E-state index >= 15 is 0 Å². The van der Waals surface area contributed by atoms with Crippen molar-refractivity contribution in [3.8, 4) is 0 Å². The van der Waals surface area contributed by atoms with E-state index in [1.807, 2.05) is 0 Å². The van der Waals surface area contributed by atoms with Gasteiger partial charge in [0.05, 0.1) is 15.4 Å². The van der Waals surface area contributed by atoms with Crippen LogP contribution >= 0.6 is 0 Å². The lowest BCUT2D eigenvalue weighted by Crippen LogP contribution is -2.40. The van der Waals surface area contributed by atoms with E-state index in [2.05, 4.69) is 9.44 Å². The third-order valence-electron chi connectivity index (χ3n) is 3.12. The Bertz CT molecular complexity index is 679. The molecule has 0 spiro atoms. The van der Waals surface area contributed by atoms with Gasteiger partial charge in [0.15, 0.2) is 0 Å². The molecule has 0 aliphatic heterocycles. The molecule has 0 amide bonds. The van der Waals surface area contributed by atoms with Crippen LogP contribution in [0.25, 0.3) is 0 Å². The highest BCUT2D eigenvalue weighted by Crippen LogP contribution is 2.15. The van der Waals surface area contributed by atoms with Gasteiger partial charge in [0.1, 0.15) is 0 Å². The van der Waals surface area contributed by atoms with Gasteiger partial charge >= 0.3 is 0 Å². The van der Waals surface area contributed by atoms with Gasteiger partial charge in [-0.15, -0.1) is 0 Å². The molecule has 0 saturated carbocycles. The van der Waals surface area contributed by atoms with Crippen LogP contribution in [0.1, 0.15) is 20.3 Å². The molecular weight excluding hydrogens is 316 g/mol. The molecule has 0 aromatic heterocycles. The largest absolute Gasteiger partial charge is 0.389 e. The van der Waals surface area contributed by atoms with E-state index in [4.69, 9.17) is 0 Å². The summed E-state index contributed by atoms with van der Waals surface area (Å²) in [5, 5.41) is 9.80. The smallest absolute Gasteiger partial charge is 0.240 e. The lowest BCUT2D eigenvalue weighted by Gasteiger charge is -2.21. The van der Waals surface area contributed by atoms with E-state index in [1.54, 1.807) is 6.92 Å². The Morgan fingerprint density at radius 3 is 1.86 bits per heavy atom. The van der Waals surface area contributed by atoms with E-state index in [1.165, 1.54) is 38.2 Å². The molecule has 1 atom stereocenters. The molecule has 1 unspecified atom stereocenters. The van der Waals surface area contributed by atoms with Crippen molar-refractivity contribution in [2.45, 2.75) is 35.7 Å². The lowest BCUT2D eigenvalue weighted by atomic mass is 10.1. The van der Waals surface area contributed by atoms with E-state index < -0.39 is 25.6 Å². The maximum absolute atomic E-state index is 12.0. The van der Waals surface area contributed by atoms with E-state index in [-0.39, 0.29) is 16.3 Å². The molecule has 21 heavy (non-hydrogen) atoms. The maximum Gasteiger partial charge on any atom is 0.240 e. The fraction of sp³-hybridized carbons (Fsp3) is 0.500. The van der Waals surface area contributed by atoms with E-state index in [9.17, 15) is 21.9 Å². The topological polar surface area (TPSA) is 113 Å². The average molecular weight is 336 g/mol. The zero-order valence-electron chi connectivity index (χ0n) is 12.1. The van der Waals surface area contributed by atoms with Crippen LogP contribution in [0.4, 0.5) is 0 Å². The summed E-state index contributed by atoms with van der Waals surface area (Å²) in [5.74, 6) is 0. The number of hydrogen-bond acceptors (Lipinski definition) is 5. The van der Waals surface area contributed by atoms with Gasteiger partial charge in [-0.05, 0) is 44.7 Å². The summed E-state index contributed by atoms with van der Waals surface area (Å²) in [6.07, 6.45) is 0.398. The van der Waals surface area contributed by atoms with Crippen molar-refractivity contribution in [1.82, 2.24) is 9.44 Å². The maximum atomic E-state index is 12.0. The van der Waals surface area contributed by atoms with Crippen molar-refractivity contribution in [1.29, 1.82) is 0 Å². The van der Waals surface area contributed by atoms with Gasteiger partial charge in [-0.25, -0.2) is 26.3 Å². The minimum absolute atomic E-state index is 0.0236. The van der Waals surface area contributed by atoms with Gasteiger partial charge in [0, 0.05) is 6.54 Å². The van der Waals surface area contributed by atoms with Crippen molar-refractivity contribution in [3.05, 3.63) is 24.3 Å². The van der Waals surface area contributed by atoms with Gasteiger partial charge in [0.25, 0.3) is 0 Å². The second-order valence-corrected chi connectivity index (χ2v) is 8.51. The van der Waals surface area contributed by atoms with Crippen LogP contribution in [-0.4, -0.2) is 41.1 Å². The Hall–Kier alpha value is -1.00. The molecule has 0 heterocycles. The van der Waals surface area contributed by atoms with E-state index in [0.717, 1.165) is 0 Å². The molecule has 0 aliphatic carbocycles. The standard InChI is InChI=1S/C12H20N2O5S2/c1-4-12(2,15)9-14-21(18,19)11-7-5-10(6-8-11)20(16,17)13-3/h5-8,13-15H,4,9H2,1-3H3. The first kappa shape index (κ1) is 18.1. The van der Waals surface area contributed by atoms with Crippen LogP contribution < -0.4 is 9.44 Å². The number of aliphatic hydroxyl groups is 1. The highest BCUT2D eigenvalue weighted by molar-refractivity contribution is 7.90. The highest BCUT2D eigenvalue weighted by Gasteiger charge is 2.22. The fourth-order valence-electron chi connectivity index (χ4n) is 1.37. The Kier molecular flexibility index (Phi) is 5.51. The molecule has 3 N–H and O–H groups in total. The summed E-state index contributed by atoms with van der Waals surface area (Å²) in [4.78, 5) is -0.0889. The summed E-state index contributed by atoms with van der Waals surface area (Å²) in [6, 6.07) is 4.82. The molecule has 120 valence electrons. The zero-order valence-corrected chi connectivity index (χ0v) is 13.8. The molecule has 9 heteroatoms. The molecule has 0 saturated heterocycles. The molecule has 1 aromatic carbocycles. The van der Waals surface area contributed by atoms with Crippen LogP contribution in [0.2, 0.25) is 0 Å². The predicted molar refractivity (Wildman–Crippen MR) is 78.8 cm³/mol. The molecule has 1 aromatic rings. The van der Waals surface area contributed by atoms with Crippen molar-refractivity contribution in [2.75, 3.05) is 13.6 Å². The number of benzene rings is 1. The lowest BCUT2D eigenvalue weighted by molar-refractivity contribution is 0.0613. The first-order chi connectivity index (χ1) is 9.54. The van der Waals surface area contributed by atoms with Crippen molar-refractivity contribution < 1.29 is 21.9 Å². The highest BCUT2D eigenvalue weighted by atomic mass is 32.2. The Morgan fingerprint density at radius 1 is 1.05 bits per heavy atom. The van der Waals surface area contributed by atoms with Gasteiger partial charge in [-0.1, -0.05) is 6.92 Å². The minimum atomic E-state index is -3.80. The van der Waals surface area contributed by atoms with Crippen LogP contribution in [0, 0.1) is 0 Å². The van der Waals surface area contributed by atoms with Crippen molar-refractivity contribution in [3.63, 3.8) is 0 Å². The second-order valence-electron chi connectivity index (χ2n) is 4.85. The van der Waals surface area contributed by atoms with Gasteiger partial charge in [-0.2, -0.15) is 0 Å². The Labute approximate surface area is 125 Å². The molecule has 0 radical (unpaired) electrons. The van der Waals surface area contributed by atoms with E-state index in [0.29, 0.717) is 6.42 Å². The number of nitrogens with one attached hydrogen (secondary N) is 2. The third-order valence-corrected chi connectivity index (χ3v) is 5.97. The van der Waals surface area contributed by atoms with Gasteiger partial charge in [-0.3, -0.25) is 0 Å². The van der Waals surface area contributed by atoms with Gasteiger partial charge < -0.3 is 5.11 Å². The zero-order chi connectivity index (χ0) is 16.3. The first-order valence-electron chi connectivity index (χ1n) is 6.30. The summed E-state index contributed by atoms with van der Waals surface area (Å²) in [7, 11) is -6.13. The molecule has 1 rings (SSSR count). The number of hydrogen-bond donors (Lipinski definition) is 3. The molecule has 0 aliphatic rings. The summed E-state index contributed by atoms with van der Waals surface area (Å²) >= 11 is 0. The Balaban J connectivity index is 2.96. The molecular formula is C12H20N2O5S2. The average Bonchev–Trinajstić information content (AvgIpc) is 2.45. The molecule has 7 nitrogen and oxygen atoms in total. The predicted octanol–water partition coefficient (Wildman–Crippen LogP) is 0.0340. The second kappa shape index (κ2) is 6.41. The van der Waals surface area contributed by atoms with Gasteiger partial charge in [0.2, 0.25) is 20.0 Å². The van der Waals surface area contributed by atoms with Crippen molar-refractivity contribution >= 4 is 20.0 Å². The number of rotatable bonds is 7. The van der Waals surface area contributed by atoms with Crippen LogP contribution in [0.5, 0.6) is 0 Å². The van der Waals surface area contributed by atoms with Crippen molar-refractivity contribution in [2.24, 2.45) is 0 Å². The normalized spacial score (nSPS) is 15.6. The summed E-state index contributed by atoms with van der Waals surface area (Å²) in [5.41, 5.74) is -1.14. The Morgan fingerprint density at radius 2 is 1.48 bits per heavy atom. The SMILES string of the molecule is CCC(C)(O)CNS(=O)(=O)c1ccc(S(=O)(=O)NC)cc1. The molecule has 0 fully saturated rings. The van der Waals surface area contributed by atoms with Crippen LogP contribution in [-0.2, 0) is 20.0 Å². The number of sulfonamides is 2. The quantitative estimate of drug-likeness (QED) is 0.650. The fourth-order valence-corrected chi connectivity index (χ4v) is 3.27.